The number of epoxide rings is 2. The minimum Gasteiger partial charge on any atom is -0.377 e. The van der Waals surface area contributed by atoms with E-state index in [2.05, 4.69) is 0 Å². The van der Waals surface area contributed by atoms with Crippen LogP contribution in [-0.4, -0.2) is 63.1 Å². The summed E-state index contributed by atoms with van der Waals surface area (Å²) in [6, 6.07) is 0. The molecule has 5 nitrogen and oxygen atoms in total. The lowest BCUT2D eigenvalue weighted by Gasteiger charge is -2.33. The Balaban J connectivity index is 0.740. The minimum absolute atomic E-state index is 0.488. The summed E-state index contributed by atoms with van der Waals surface area (Å²) in [5.41, 5.74) is 0. The molecule has 0 N–H and O–H groups in total. The number of fused-ring (bicyclic) bond motifs is 14. The SMILES string of the molecule is C(CO[C@@H]1C[C@@H]2C[C@@H]1[C@H]1C[C@H]3O[C@@H]3[C@H]21)OCCO[C@@H]1C[C@@H]2C[C@H]1[C@H]1C[C@H]3O[C@@H]3[C@H]21. The highest BCUT2D eigenvalue weighted by atomic mass is 16.6. The van der Waals surface area contributed by atoms with E-state index in [1.165, 1.54) is 38.5 Å². The van der Waals surface area contributed by atoms with Crippen LogP contribution in [0, 0.1) is 47.3 Å². The van der Waals surface area contributed by atoms with Gasteiger partial charge in [-0.2, -0.15) is 0 Å². The van der Waals surface area contributed by atoms with E-state index >= 15 is 0 Å². The monoisotopic (exact) mass is 402 g/mol. The average Bonchev–Trinajstić information content (AvgIpc) is 3.26. The quantitative estimate of drug-likeness (QED) is 0.462. The van der Waals surface area contributed by atoms with Crippen LogP contribution in [0.25, 0.3) is 0 Å². The second-order valence-electron chi connectivity index (χ2n) is 11.5. The summed E-state index contributed by atoms with van der Waals surface area (Å²) in [5.74, 6) is 6.91. The molecule has 160 valence electrons. The second-order valence-corrected chi connectivity index (χ2v) is 11.5. The van der Waals surface area contributed by atoms with Gasteiger partial charge in [-0.25, -0.2) is 0 Å². The maximum absolute atomic E-state index is 6.26. The summed E-state index contributed by atoms with van der Waals surface area (Å²) < 4.78 is 29.9. The minimum atomic E-state index is 0.488. The lowest BCUT2D eigenvalue weighted by molar-refractivity contribution is -0.0649. The van der Waals surface area contributed by atoms with Crippen molar-refractivity contribution in [3.8, 4) is 0 Å². The van der Waals surface area contributed by atoms with Gasteiger partial charge in [-0.3, -0.25) is 0 Å². The molecular formula is C24H34O5. The number of hydrogen-bond acceptors (Lipinski definition) is 5. The van der Waals surface area contributed by atoms with Crippen molar-refractivity contribution >= 4 is 0 Å². The predicted molar refractivity (Wildman–Crippen MR) is 103 cm³/mol. The maximum Gasteiger partial charge on any atom is 0.0875 e. The van der Waals surface area contributed by atoms with E-state index in [0.29, 0.717) is 49.8 Å². The molecule has 14 atom stereocenters. The Morgan fingerprint density at radius 2 is 1.07 bits per heavy atom. The zero-order valence-electron chi connectivity index (χ0n) is 17.2. The Hall–Kier alpha value is -0.200. The third-order valence-corrected chi connectivity index (χ3v) is 10.5. The van der Waals surface area contributed by atoms with Crippen LogP contribution in [0.15, 0.2) is 0 Å². The van der Waals surface area contributed by atoms with Crippen LogP contribution in [0.1, 0.15) is 38.5 Å². The molecule has 2 heterocycles. The van der Waals surface area contributed by atoms with Gasteiger partial charge in [0.1, 0.15) is 0 Å². The standard InChI is InChI=1S/C24H34O5/c1(3-26-17-7-11-5-13(17)15-9-19-23(28-19)21(11)15)25-2-4-27-18-8-12-6-14(18)16-10-20-24(29-20)22(12)16/h11-24H,1-10H2/t11-,12-,13-,14+,15+,16+,17+,18+,19+,20+,21+,22+,23-,24-/m0/s1. The van der Waals surface area contributed by atoms with Crippen molar-refractivity contribution in [2.75, 3.05) is 26.4 Å². The molecule has 0 spiro atoms. The zero-order valence-corrected chi connectivity index (χ0v) is 17.2. The number of rotatable bonds is 8. The van der Waals surface area contributed by atoms with Gasteiger partial charge in [-0.05, 0) is 85.9 Å². The molecular weight excluding hydrogens is 368 g/mol. The highest BCUT2D eigenvalue weighted by Crippen LogP contribution is 2.65. The Morgan fingerprint density at radius 1 is 0.552 bits per heavy atom. The first-order valence-corrected chi connectivity index (χ1v) is 12.5. The molecule has 0 aromatic heterocycles. The molecule has 6 aliphatic carbocycles. The molecule has 0 amide bonds. The zero-order chi connectivity index (χ0) is 18.7. The lowest BCUT2D eigenvalue weighted by atomic mass is 9.79. The van der Waals surface area contributed by atoms with E-state index in [1.54, 1.807) is 0 Å². The third kappa shape index (κ3) is 2.51. The van der Waals surface area contributed by atoms with Crippen molar-refractivity contribution in [3.63, 3.8) is 0 Å². The fourth-order valence-electron chi connectivity index (χ4n) is 9.54. The topological polar surface area (TPSA) is 52.8 Å². The van der Waals surface area contributed by atoms with Gasteiger partial charge in [-0.15, -0.1) is 0 Å². The molecule has 4 bridgehead atoms. The van der Waals surface area contributed by atoms with Crippen LogP contribution in [0.5, 0.6) is 0 Å². The van der Waals surface area contributed by atoms with Crippen molar-refractivity contribution in [1.82, 2.24) is 0 Å². The van der Waals surface area contributed by atoms with Gasteiger partial charge in [0, 0.05) is 0 Å². The fourth-order valence-corrected chi connectivity index (χ4v) is 9.54. The van der Waals surface area contributed by atoms with Crippen molar-refractivity contribution in [3.05, 3.63) is 0 Å². The van der Waals surface area contributed by atoms with E-state index < -0.39 is 0 Å². The smallest absolute Gasteiger partial charge is 0.0875 e. The average molecular weight is 403 g/mol. The molecule has 29 heavy (non-hydrogen) atoms. The van der Waals surface area contributed by atoms with E-state index in [9.17, 15) is 0 Å². The fraction of sp³-hybridized carbons (Fsp3) is 1.00. The first kappa shape index (κ1) is 17.4. The number of ether oxygens (including phenoxy) is 5. The van der Waals surface area contributed by atoms with Gasteiger partial charge in [0.05, 0.1) is 63.1 Å². The molecule has 0 radical (unpaired) electrons. The lowest BCUT2D eigenvalue weighted by Crippen LogP contribution is -2.34. The van der Waals surface area contributed by atoms with Crippen LogP contribution in [0.3, 0.4) is 0 Å². The van der Waals surface area contributed by atoms with Crippen LogP contribution < -0.4 is 0 Å². The van der Waals surface area contributed by atoms with E-state index in [-0.39, 0.29) is 0 Å². The molecule has 8 rings (SSSR count). The van der Waals surface area contributed by atoms with E-state index in [1.807, 2.05) is 0 Å². The third-order valence-electron chi connectivity index (χ3n) is 10.5. The molecule has 8 fully saturated rings. The van der Waals surface area contributed by atoms with Gasteiger partial charge < -0.3 is 23.7 Å². The Morgan fingerprint density at radius 3 is 1.59 bits per heavy atom. The highest BCUT2D eigenvalue weighted by molar-refractivity contribution is 5.15. The van der Waals surface area contributed by atoms with Gasteiger partial charge in [-0.1, -0.05) is 0 Å². The van der Waals surface area contributed by atoms with E-state index in [4.69, 9.17) is 23.7 Å². The van der Waals surface area contributed by atoms with Crippen LogP contribution in [-0.2, 0) is 23.7 Å². The molecule has 2 aliphatic heterocycles. The predicted octanol–water partition coefficient (Wildman–Crippen LogP) is 2.66. The summed E-state index contributed by atoms with van der Waals surface area (Å²) >= 11 is 0. The molecule has 0 aromatic carbocycles. The van der Waals surface area contributed by atoms with Gasteiger partial charge in [0.2, 0.25) is 0 Å². The Kier molecular flexibility index (Phi) is 3.71. The van der Waals surface area contributed by atoms with Crippen molar-refractivity contribution in [2.24, 2.45) is 47.3 Å². The van der Waals surface area contributed by atoms with Gasteiger partial charge in [0.15, 0.2) is 0 Å². The maximum atomic E-state index is 6.26. The molecule has 0 aromatic rings. The van der Waals surface area contributed by atoms with Gasteiger partial charge >= 0.3 is 0 Å². The first-order chi connectivity index (χ1) is 14.3. The highest BCUT2D eigenvalue weighted by Gasteiger charge is 2.67. The first-order valence-electron chi connectivity index (χ1n) is 12.5. The second kappa shape index (κ2) is 6.19. The molecule has 2 saturated heterocycles. The largest absolute Gasteiger partial charge is 0.377 e. The summed E-state index contributed by atoms with van der Waals surface area (Å²) in [7, 11) is 0. The Labute approximate surface area is 173 Å². The summed E-state index contributed by atoms with van der Waals surface area (Å²) in [6.45, 7) is 2.91. The Bertz CT molecular complexity index is 628. The summed E-state index contributed by atoms with van der Waals surface area (Å²) in [5, 5.41) is 0. The molecule has 6 saturated carbocycles. The van der Waals surface area contributed by atoms with Crippen LogP contribution >= 0.6 is 0 Å². The summed E-state index contributed by atoms with van der Waals surface area (Å²) in [4.78, 5) is 0. The normalized spacial score (nSPS) is 61.7. The van der Waals surface area contributed by atoms with Crippen molar-refractivity contribution in [2.45, 2.75) is 75.1 Å². The van der Waals surface area contributed by atoms with E-state index in [0.717, 1.165) is 60.6 Å². The molecule has 0 unspecified atom stereocenters. The van der Waals surface area contributed by atoms with Crippen molar-refractivity contribution in [1.29, 1.82) is 0 Å². The van der Waals surface area contributed by atoms with Gasteiger partial charge in [0.25, 0.3) is 0 Å². The van der Waals surface area contributed by atoms with Crippen LogP contribution in [0.4, 0.5) is 0 Å². The number of hydrogen-bond donors (Lipinski definition) is 0. The molecule has 8 aliphatic rings. The molecule has 5 heteroatoms. The summed E-state index contributed by atoms with van der Waals surface area (Å²) in [6.07, 6.45) is 11.4. The van der Waals surface area contributed by atoms with Crippen LogP contribution in [0.2, 0.25) is 0 Å². The van der Waals surface area contributed by atoms with Crippen molar-refractivity contribution < 1.29 is 23.7 Å².